The standard InChI is InChI=1S/C51H39NS2Si/c1-55(2,3)43-28-18-35(19-29-43)34-12-22-40(23-13-34)52(41-24-14-36(15-25-41)38-20-30-50-46(32-38)44-8-4-6-10-48(44)53-50)42-26-16-37(17-27-42)39-21-31-51-47(33-39)45-9-5-7-11-49(45)54-51/h4-33H,1-3H3. The van der Waals surface area contributed by atoms with Crippen molar-refractivity contribution in [2.45, 2.75) is 19.6 Å². The van der Waals surface area contributed by atoms with Crippen molar-refractivity contribution in [3.8, 4) is 33.4 Å². The Hall–Kier alpha value is -5.78. The molecule has 0 atom stereocenters. The Morgan fingerprint density at radius 3 is 1.05 bits per heavy atom. The lowest BCUT2D eigenvalue weighted by Gasteiger charge is -2.26. The summed E-state index contributed by atoms with van der Waals surface area (Å²) in [5.74, 6) is 0. The second-order valence-corrected chi connectivity index (χ2v) is 22.7. The molecule has 0 amide bonds. The predicted octanol–water partition coefficient (Wildman–Crippen LogP) is 15.4. The Kier molecular flexibility index (Phi) is 8.29. The number of hydrogen-bond donors (Lipinski definition) is 0. The van der Waals surface area contributed by atoms with Gasteiger partial charge in [0.1, 0.15) is 0 Å². The molecule has 0 unspecified atom stereocenters. The average Bonchev–Trinajstić information content (AvgIpc) is 3.79. The summed E-state index contributed by atoms with van der Waals surface area (Å²) < 4.78 is 5.33. The van der Waals surface area contributed by atoms with Crippen LogP contribution in [0.1, 0.15) is 0 Å². The van der Waals surface area contributed by atoms with Crippen LogP contribution >= 0.6 is 22.7 Å². The molecule has 0 aliphatic heterocycles. The molecule has 2 heterocycles. The maximum atomic E-state index is 2.40. The lowest BCUT2D eigenvalue weighted by atomic mass is 10.0. The van der Waals surface area contributed by atoms with Crippen molar-refractivity contribution >= 4 is 93.3 Å². The quantitative estimate of drug-likeness (QED) is 0.146. The van der Waals surface area contributed by atoms with Gasteiger partial charge in [0.25, 0.3) is 0 Å². The topological polar surface area (TPSA) is 3.24 Å². The van der Waals surface area contributed by atoms with E-state index in [0.717, 1.165) is 17.1 Å². The van der Waals surface area contributed by atoms with Crippen molar-refractivity contribution in [3.63, 3.8) is 0 Å². The van der Waals surface area contributed by atoms with Gasteiger partial charge in [0.05, 0.1) is 8.07 Å². The normalized spacial score (nSPS) is 11.9. The summed E-state index contributed by atoms with van der Waals surface area (Å²) in [6.07, 6.45) is 0. The van der Waals surface area contributed by atoms with E-state index in [2.05, 4.69) is 207 Å². The first-order chi connectivity index (χ1) is 26.9. The number of thiophene rings is 2. The molecule has 0 fully saturated rings. The van der Waals surface area contributed by atoms with Gasteiger partial charge in [-0.15, -0.1) is 22.7 Å². The van der Waals surface area contributed by atoms with E-state index >= 15 is 0 Å². The van der Waals surface area contributed by atoms with Crippen LogP contribution in [-0.2, 0) is 0 Å². The zero-order valence-corrected chi connectivity index (χ0v) is 33.7. The van der Waals surface area contributed by atoms with Gasteiger partial charge in [-0.3, -0.25) is 0 Å². The first-order valence-electron chi connectivity index (χ1n) is 18.9. The number of hydrogen-bond acceptors (Lipinski definition) is 3. The van der Waals surface area contributed by atoms with E-state index in [4.69, 9.17) is 0 Å². The molecular formula is C51H39NS2Si. The average molecular weight is 758 g/mol. The Balaban J connectivity index is 1.01. The molecule has 10 rings (SSSR count). The molecule has 4 heteroatoms. The Labute approximate surface area is 331 Å². The van der Waals surface area contributed by atoms with Gasteiger partial charge in [-0.25, -0.2) is 0 Å². The number of anilines is 3. The highest BCUT2D eigenvalue weighted by Gasteiger charge is 2.17. The predicted molar refractivity (Wildman–Crippen MR) is 246 cm³/mol. The summed E-state index contributed by atoms with van der Waals surface area (Å²) in [5, 5.41) is 6.79. The third-order valence-electron chi connectivity index (χ3n) is 10.9. The molecule has 10 aromatic rings. The first kappa shape index (κ1) is 33.8. The molecule has 0 radical (unpaired) electrons. The van der Waals surface area contributed by atoms with E-state index < -0.39 is 8.07 Å². The third kappa shape index (κ3) is 6.26. The van der Waals surface area contributed by atoms with E-state index in [-0.39, 0.29) is 0 Å². The Bertz CT molecular complexity index is 2830. The van der Waals surface area contributed by atoms with Crippen molar-refractivity contribution in [1.29, 1.82) is 0 Å². The molecule has 2 aromatic heterocycles. The summed E-state index contributed by atoms with van der Waals surface area (Å²) in [7, 11) is -1.35. The van der Waals surface area contributed by atoms with Crippen LogP contribution in [-0.4, -0.2) is 8.07 Å². The van der Waals surface area contributed by atoms with E-state index in [0.29, 0.717) is 0 Å². The zero-order chi connectivity index (χ0) is 37.1. The van der Waals surface area contributed by atoms with Crippen molar-refractivity contribution in [2.24, 2.45) is 0 Å². The molecule has 0 aliphatic rings. The van der Waals surface area contributed by atoms with Crippen LogP contribution in [0.15, 0.2) is 182 Å². The SMILES string of the molecule is C[Si](C)(C)c1ccc(-c2ccc(N(c3ccc(-c4ccc5sc6ccccc6c5c4)cc3)c3ccc(-c4ccc5sc6ccccc6c5c4)cc3)cc2)cc1. The van der Waals surface area contributed by atoms with Gasteiger partial charge in [0.15, 0.2) is 0 Å². The number of nitrogens with zero attached hydrogens (tertiary/aromatic N) is 1. The van der Waals surface area contributed by atoms with Crippen LogP contribution in [0.5, 0.6) is 0 Å². The fourth-order valence-electron chi connectivity index (χ4n) is 7.83. The summed E-state index contributed by atoms with van der Waals surface area (Å²) >= 11 is 3.73. The monoisotopic (exact) mass is 757 g/mol. The third-order valence-corrected chi connectivity index (χ3v) is 15.2. The maximum absolute atomic E-state index is 2.40. The van der Waals surface area contributed by atoms with Gasteiger partial charge in [-0.05, 0) is 106 Å². The molecule has 1 nitrogen and oxygen atoms in total. The number of rotatable bonds is 7. The van der Waals surface area contributed by atoms with Gasteiger partial charge < -0.3 is 4.90 Å². The van der Waals surface area contributed by atoms with Crippen molar-refractivity contribution in [1.82, 2.24) is 0 Å². The maximum Gasteiger partial charge on any atom is 0.0775 e. The molecular weight excluding hydrogens is 719 g/mol. The lowest BCUT2D eigenvalue weighted by molar-refractivity contribution is 1.28. The zero-order valence-electron chi connectivity index (χ0n) is 31.1. The van der Waals surface area contributed by atoms with Crippen LogP contribution in [0.3, 0.4) is 0 Å². The molecule has 0 saturated heterocycles. The molecule has 0 spiro atoms. The van der Waals surface area contributed by atoms with Crippen LogP contribution in [0.2, 0.25) is 19.6 Å². The van der Waals surface area contributed by atoms with Crippen molar-refractivity contribution in [3.05, 3.63) is 182 Å². The van der Waals surface area contributed by atoms with Gasteiger partial charge in [-0.1, -0.05) is 134 Å². The second-order valence-electron chi connectivity index (χ2n) is 15.4. The van der Waals surface area contributed by atoms with E-state index in [1.807, 2.05) is 22.7 Å². The first-order valence-corrected chi connectivity index (χ1v) is 24.0. The molecule has 0 aliphatic carbocycles. The Morgan fingerprint density at radius 2 is 0.655 bits per heavy atom. The van der Waals surface area contributed by atoms with Crippen molar-refractivity contribution in [2.75, 3.05) is 4.90 Å². The van der Waals surface area contributed by atoms with Crippen LogP contribution in [0, 0.1) is 0 Å². The molecule has 264 valence electrons. The molecule has 0 bridgehead atoms. The highest BCUT2D eigenvalue weighted by molar-refractivity contribution is 7.26. The second kappa shape index (κ2) is 13.5. The fraction of sp³-hybridized carbons (Fsp3) is 0.0588. The summed E-state index contributed by atoms with van der Waals surface area (Å²) in [6, 6.07) is 67.6. The van der Waals surface area contributed by atoms with Gasteiger partial charge in [0, 0.05) is 57.4 Å². The summed E-state index contributed by atoms with van der Waals surface area (Å²) in [4.78, 5) is 2.37. The number of fused-ring (bicyclic) bond motifs is 6. The van der Waals surface area contributed by atoms with Gasteiger partial charge in [-0.2, -0.15) is 0 Å². The summed E-state index contributed by atoms with van der Waals surface area (Å²) in [6.45, 7) is 7.20. The minimum Gasteiger partial charge on any atom is -0.311 e. The lowest BCUT2D eigenvalue weighted by Crippen LogP contribution is -2.37. The van der Waals surface area contributed by atoms with Gasteiger partial charge in [0.2, 0.25) is 0 Å². The smallest absolute Gasteiger partial charge is 0.0775 e. The minimum atomic E-state index is -1.35. The highest BCUT2D eigenvalue weighted by atomic mass is 32.1. The molecule has 0 N–H and O–H groups in total. The minimum absolute atomic E-state index is 1.12. The highest BCUT2D eigenvalue weighted by Crippen LogP contribution is 2.41. The van der Waals surface area contributed by atoms with Crippen LogP contribution < -0.4 is 10.1 Å². The summed E-state index contributed by atoms with van der Waals surface area (Å²) in [5.41, 5.74) is 10.7. The van der Waals surface area contributed by atoms with Crippen LogP contribution in [0.4, 0.5) is 17.1 Å². The largest absolute Gasteiger partial charge is 0.311 e. The van der Waals surface area contributed by atoms with E-state index in [9.17, 15) is 0 Å². The molecule has 8 aromatic carbocycles. The molecule has 55 heavy (non-hydrogen) atoms. The van der Waals surface area contributed by atoms with Crippen molar-refractivity contribution < 1.29 is 0 Å². The Morgan fingerprint density at radius 1 is 0.327 bits per heavy atom. The van der Waals surface area contributed by atoms with Crippen LogP contribution in [0.25, 0.3) is 73.7 Å². The van der Waals surface area contributed by atoms with E-state index in [1.54, 1.807) is 0 Å². The fourth-order valence-corrected chi connectivity index (χ4v) is 11.2. The number of benzene rings is 8. The van der Waals surface area contributed by atoms with E-state index in [1.165, 1.54) is 78.9 Å². The molecule has 0 saturated carbocycles. The van der Waals surface area contributed by atoms with Gasteiger partial charge >= 0.3 is 0 Å².